The molecule has 1 rings (SSSR count). The third-order valence-corrected chi connectivity index (χ3v) is 2.92. The molecule has 1 aromatic rings. The Hall–Kier alpha value is -2.10. The SMILES string of the molecule is O=C(O)CCC/C=C\CCCC(=O)OCc1ccccc1. The summed E-state index contributed by atoms with van der Waals surface area (Å²) >= 11 is 0. The normalized spacial score (nSPS) is 10.7. The van der Waals surface area contributed by atoms with Crippen LogP contribution in [0.15, 0.2) is 42.5 Å². The predicted octanol–water partition coefficient (Wildman–Crippen LogP) is 3.71. The fraction of sp³-hybridized carbons (Fsp3) is 0.412. The molecular formula is C17H22O4. The van der Waals surface area contributed by atoms with Gasteiger partial charge in [-0.25, -0.2) is 0 Å². The first-order valence-corrected chi connectivity index (χ1v) is 7.25. The zero-order chi connectivity index (χ0) is 15.3. The van der Waals surface area contributed by atoms with Crippen LogP contribution >= 0.6 is 0 Å². The number of esters is 1. The number of hydrogen-bond acceptors (Lipinski definition) is 3. The molecule has 0 heterocycles. The van der Waals surface area contributed by atoms with Gasteiger partial charge in [-0.05, 0) is 31.2 Å². The molecule has 0 aliphatic rings. The molecule has 1 aromatic carbocycles. The second-order valence-electron chi connectivity index (χ2n) is 4.80. The molecule has 114 valence electrons. The highest BCUT2D eigenvalue weighted by Gasteiger charge is 2.02. The largest absolute Gasteiger partial charge is 0.481 e. The summed E-state index contributed by atoms with van der Waals surface area (Å²) in [5.74, 6) is -0.942. The van der Waals surface area contributed by atoms with E-state index in [1.807, 2.05) is 42.5 Å². The van der Waals surface area contributed by atoms with Crippen molar-refractivity contribution in [3.8, 4) is 0 Å². The van der Waals surface area contributed by atoms with Crippen LogP contribution in [0.1, 0.15) is 44.1 Å². The first-order chi connectivity index (χ1) is 10.2. The summed E-state index contributed by atoms with van der Waals surface area (Å²) in [4.78, 5) is 21.8. The summed E-state index contributed by atoms with van der Waals surface area (Å²) in [5.41, 5.74) is 0.990. The Morgan fingerprint density at radius 1 is 1.00 bits per heavy atom. The van der Waals surface area contributed by atoms with Crippen LogP contribution in [0.5, 0.6) is 0 Å². The van der Waals surface area contributed by atoms with Crippen molar-refractivity contribution in [1.82, 2.24) is 0 Å². The molecule has 0 radical (unpaired) electrons. The quantitative estimate of drug-likeness (QED) is 0.405. The third-order valence-electron chi connectivity index (χ3n) is 2.92. The molecule has 0 unspecified atom stereocenters. The molecule has 0 aromatic heterocycles. The Morgan fingerprint density at radius 2 is 1.62 bits per heavy atom. The lowest BCUT2D eigenvalue weighted by atomic mass is 10.2. The van der Waals surface area contributed by atoms with Crippen molar-refractivity contribution in [1.29, 1.82) is 0 Å². The Kier molecular flexibility index (Phi) is 8.61. The van der Waals surface area contributed by atoms with E-state index in [0.717, 1.165) is 24.8 Å². The number of aliphatic carboxylic acids is 1. The van der Waals surface area contributed by atoms with Crippen molar-refractivity contribution >= 4 is 11.9 Å². The van der Waals surface area contributed by atoms with Crippen molar-refractivity contribution in [3.63, 3.8) is 0 Å². The Morgan fingerprint density at radius 3 is 2.24 bits per heavy atom. The average Bonchev–Trinajstić information content (AvgIpc) is 2.48. The van der Waals surface area contributed by atoms with Gasteiger partial charge in [0.25, 0.3) is 0 Å². The molecule has 0 aliphatic carbocycles. The van der Waals surface area contributed by atoms with Crippen LogP contribution in [0.3, 0.4) is 0 Å². The van der Waals surface area contributed by atoms with Gasteiger partial charge in [-0.2, -0.15) is 0 Å². The Balaban J connectivity index is 2.01. The lowest BCUT2D eigenvalue weighted by Gasteiger charge is -2.04. The van der Waals surface area contributed by atoms with Gasteiger partial charge in [-0.1, -0.05) is 42.5 Å². The van der Waals surface area contributed by atoms with Crippen LogP contribution in [0.25, 0.3) is 0 Å². The van der Waals surface area contributed by atoms with Crippen LogP contribution in [-0.2, 0) is 20.9 Å². The van der Waals surface area contributed by atoms with Gasteiger partial charge < -0.3 is 9.84 Å². The van der Waals surface area contributed by atoms with Gasteiger partial charge in [-0.15, -0.1) is 0 Å². The molecule has 0 bridgehead atoms. The zero-order valence-electron chi connectivity index (χ0n) is 12.2. The molecule has 4 heteroatoms. The van der Waals surface area contributed by atoms with Crippen LogP contribution < -0.4 is 0 Å². The molecule has 0 spiro atoms. The highest BCUT2D eigenvalue weighted by Crippen LogP contribution is 2.05. The van der Waals surface area contributed by atoms with Crippen LogP contribution in [0.2, 0.25) is 0 Å². The molecule has 0 fully saturated rings. The van der Waals surface area contributed by atoms with E-state index in [1.165, 1.54) is 0 Å². The van der Waals surface area contributed by atoms with E-state index in [4.69, 9.17) is 9.84 Å². The van der Waals surface area contributed by atoms with E-state index in [-0.39, 0.29) is 12.4 Å². The first-order valence-electron chi connectivity index (χ1n) is 7.25. The standard InChI is InChI=1S/C17H22O4/c18-16(19)12-8-3-1-2-4-9-13-17(20)21-14-15-10-6-5-7-11-15/h1-2,5-7,10-11H,3-4,8-9,12-14H2,(H,18,19)/b2-1-. The number of unbranched alkanes of at least 4 members (excludes halogenated alkanes) is 2. The minimum Gasteiger partial charge on any atom is -0.481 e. The summed E-state index contributed by atoms with van der Waals surface area (Å²) in [6.07, 6.45) is 7.57. The maximum Gasteiger partial charge on any atom is 0.306 e. The summed E-state index contributed by atoms with van der Waals surface area (Å²) < 4.78 is 5.17. The number of rotatable bonds is 10. The van der Waals surface area contributed by atoms with Gasteiger partial charge in [0.15, 0.2) is 0 Å². The minimum atomic E-state index is -0.760. The van der Waals surface area contributed by atoms with Crippen LogP contribution in [0, 0.1) is 0 Å². The van der Waals surface area contributed by atoms with Gasteiger partial charge in [-0.3, -0.25) is 9.59 Å². The minimum absolute atomic E-state index is 0.182. The predicted molar refractivity (Wildman–Crippen MR) is 80.7 cm³/mol. The molecule has 21 heavy (non-hydrogen) atoms. The molecule has 0 saturated carbocycles. The summed E-state index contributed by atoms with van der Waals surface area (Å²) in [6.45, 7) is 0.324. The topological polar surface area (TPSA) is 63.6 Å². The lowest BCUT2D eigenvalue weighted by molar-refractivity contribution is -0.145. The van der Waals surface area contributed by atoms with Crippen molar-refractivity contribution in [3.05, 3.63) is 48.0 Å². The van der Waals surface area contributed by atoms with Crippen molar-refractivity contribution in [2.45, 2.75) is 45.1 Å². The zero-order valence-corrected chi connectivity index (χ0v) is 12.2. The van der Waals surface area contributed by atoms with Crippen molar-refractivity contribution in [2.24, 2.45) is 0 Å². The van der Waals surface area contributed by atoms with E-state index in [9.17, 15) is 9.59 Å². The van der Waals surface area contributed by atoms with Gasteiger partial charge in [0.05, 0.1) is 0 Å². The van der Waals surface area contributed by atoms with Crippen LogP contribution in [0.4, 0.5) is 0 Å². The maximum absolute atomic E-state index is 11.5. The molecule has 0 saturated heterocycles. The van der Waals surface area contributed by atoms with E-state index < -0.39 is 5.97 Å². The highest BCUT2D eigenvalue weighted by molar-refractivity contribution is 5.69. The number of ether oxygens (including phenoxy) is 1. The number of hydrogen-bond donors (Lipinski definition) is 1. The number of carbonyl (C=O) groups is 2. The average molecular weight is 290 g/mol. The monoisotopic (exact) mass is 290 g/mol. The van der Waals surface area contributed by atoms with E-state index in [2.05, 4.69) is 0 Å². The fourth-order valence-corrected chi connectivity index (χ4v) is 1.78. The highest BCUT2D eigenvalue weighted by atomic mass is 16.5. The molecule has 4 nitrogen and oxygen atoms in total. The van der Waals surface area contributed by atoms with E-state index >= 15 is 0 Å². The third kappa shape index (κ3) is 9.44. The second kappa shape index (κ2) is 10.7. The summed E-state index contributed by atoms with van der Waals surface area (Å²) in [5, 5.41) is 8.47. The molecule has 0 aliphatic heterocycles. The number of carbonyl (C=O) groups excluding carboxylic acids is 1. The lowest BCUT2D eigenvalue weighted by Crippen LogP contribution is -2.03. The number of benzene rings is 1. The first kappa shape index (κ1) is 17.0. The number of allylic oxidation sites excluding steroid dienone is 2. The molecule has 1 N–H and O–H groups in total. The van der Waals surface area contributed by atoms with Gasteiger partial charge in [0.2, 0.25) is 0 Å². The number of carboxylic acid groups (broad SMARTS) is 1. The van der Waals surface area contributed by atoms with Crippen molar-refractivity contribution < 1.29 is 19.4 Å². The van der Waals surface area contributed by atoms with E-state index in [0.29, 0.717) is 19.4 Å². The smallest absolute Gasteiger partial charge is 0.306 e. The maximum atomic E-state index is 11.5. The molecule has 0 atom stereocenters. The molecular weight excluding hydrogens is 268 g/mol. The second-order valence-corrected chi connectivity index (χ2v) is 4.80. The van der Waals surface area contributed by atoms with Gasteiger partial charge in [0, 0.05) is 12.8 Å². The number of carboxylic acids is 1. The summed E-state index contributed by atoms with van der Waals surface area (Å²) in [6, 6.07) is 9.60. The van der Waals surface area contributed by atoms with E-state index in [1.54, 1.807) is 0 Å². The van der Waals surface area contributed by atoms with Gasteiger partial charge in [0.1, 0.15) is 6.61 Å². The van der Waals surface area contributed by atoms with Crippen molar-refractivity contribution in [2.75, 3.05) is 0 Å². The molecule has 0 amide bonds. The summed E-state index contributed by atoms with van der Waals surface area (Å²) in [7, 11) is 0. The van der Waals surface area contributed by atoms with Gasteiger partial charge >= 0.3 is 11.9 Å². The fourth-order valence-electron chi connectivity index (χ4n) is 1.78. The Labute approximate surface area is 125 Å². The Bertz CT molecular complexity index is 451. The van der Waals surface area contributed by atoms with Crippen LogP contribution in [-0.4, -0.2) is 17.0 Å².